The minimum absolute atomic E-state index is 0.0211. The van der Waals surface area contributed by atoms with Crippen LogP contribution in [0.5, 0.6) is 0 Å². The van der Waals surface area contributed by atoms with E-state index in [9.17, 15) is 19.2 Å². The van der Waals surface area contributed by atoms with Gasteiger partial charge in [-0.1, -0.05) is 6.92 Å². The minimum Gasteiger partial charge on any atom is -0.454 e. The van der Waals surface area contributed by atoms with Crippen LogP contribution in [0.1, 0.15) is 60.3 Å². The quantitative estimate of drug-likeness (QED) is 0.343. The standard InChI is InChI=1S/C29H42O10/c1-15(31)37-24-20(38-26(33)39-27(2,3)4)13-29(21(35-7)9-10-28(5,14-30)25(24)29)17-11-16-19(34-6)12-18(32)22(17)23(16)36-8/h13-14,16-17,19,21-25H,9-12H2,1-8H3/t16-,17-,19+,21+,22+,23+,24-,25-,28+,29-/m1/s1. The maximum atomic E-state index is 13.6. The smallest absolute Gasteiger partial charge is 0.454 e. The molecule has 0 N–H and O–H groups in total. The Morgan fingerprint density at radius 2 is 1.79 bits per heavy atom. The largest absolute Gasteiger partial charge is 0.514 e. The predicted octanol–water partition coefficient (Wildman–Crippen LogP) is 3.64. The van der Waals surface area contributed by atoms with Gasteiger partial charge in [-0.3, -0.25) is 9.59 Å². The lowest BCUT2D eigenvalue weighted by Gasteiger charge is -2.56. The van der Waals surface area contributed by atoms with E-state index in [4.69, 9.17) is 28.4 Å². The Hall–Kier alpha value is -2.30. The normalized spacial score (nSPS) is 41.4. The van der Waals surface area contributed by atoms with E-state index < -0.39 is 52.6 Å². The number of Topliss-reactive ketones (excluding diaryl/α,β-unsaturated/α-hetero) is 1. The van der Waals surface area contributed by atoms with Crippen molar-refractivity contribution in [3.8, 4) is 0 Å². The first-order valence-electron chi connectivity index (χ1n) is 13.6. The third kappa shape index (κ3) is 4.93. The van der Waals surface area contributed by atoms with Gasteiger partial charge in [0.15, 0.2) is 6.10 Å². The summed E-state index contributed by atoms with van der Waals surface area (Å²) < 4.78 is 34.7. The molecule has 2 bridgehead atoms. The maximum absolute atomic E-state index is 13.6. The Morgan fingerprint density at radius 1 is 1.10 bits per heavy atom. The van der Waals surface area contributed by atoms with Gasteiger partial charge in [0.1, 0.15) is 23.4 Å². The van der Waals surface area contributed by atoms with Gasteiger partial charge < -0.3 is 33.2 Å². The second-order valence-corrected chi connectivity index (χ2v) is 12.7. The van der Waals surface area contributed by atoms with E-state index in [-0.39, 0.29) is 42.0 Å². The van der Waals surface area contributed by atoms with Gasteiger partial charge in [0, 0.05) is 63.3 Å². The molecule has 39 heavy (non-hydrogen) atoms. The minimum atomic E-state index is -1.06. The van der Waals surface area contributed by atoms with Crippen molar-refractivity contribution in [1.29, 1.82) is 0 Å². The van der Waals surface area contributed by atoms with Crippen molar-refractivity contribution in [2.24, 2.45) is 34.5 Å². The predicted molar refractivity (Wildman–Crippen MR) is 137 cm³/mol. The van der Waals surface area contributed by atoms with Gasteiger partial charge in [0.2, 0.25) is 0 Å². The van der Waals surface area contributed by atoms with Crippen molar-refractivity contribution >= 4 is 24.2 Å². The average molecular weight is 551 g/mol. The topological polar surface area (TPSA) is 124 Å². The molecule has 4 rings (SSSR count). The van der Waals surface area contributed by atoms with E-state index in [2.05, 4.69) is 0 Å². The molecule has 3 saturated carbocycles. The van der Waals surface area contributed by atoms with Crippen molar-refractivity contribution in [1.82, 2.24) is 0 Å². The van der Waals surface area contributed by atoms with E-state index in [0.29, 0.717) is 19.3 Å². The summed E-state index contributed by atoms with van der Waals surface area (Å²) in [6.07, 6.45) is 1.40. The molecule has 0 aliphatic heterocycles. The zero-order valence-corrected chi connectivity index (χ0v) is 24.2. The van der Waals surface area contributed by atoms with Gasteiger partial charge in [-0.15, -0.1) is 0 Å². The highest BCUT2D eigenvalue weighted by molar-refractivity contribution is 5.84. The Bertz CT molecular complexity index is 1030. The molecular formula is C29H42O10. The van der Waals surface area contributed by atoms with Crippen molar-refractivity contribution in [3.05, 3.63) is 11.8 Å². The Kier molecular flexibility index (Phi) is 8.06. The van der Waals surface area contributed by atoms with Crippen molar-refractivity contribution in [3.63, 3.8) is 0 Å². The number of esters is 1. The van der Waals surface area contributed by atoms with Crippen LogP contribution < -0.4 is 0 Å². The van der Waals surface area contributed by atoms with Gasteiger partial charge in [0.05, 0.1) is 18.3 Å². The van der Waals surface area contributed by atoms with Gasteiger partial charge in [-0.2, -0.15) is 0 Å². The summed E-state index contributed by atoms with van der Waals surface area (Å²) in [6, 6.07) is 0. The third-order valence-corrected chi connectivity index (χ3v) is 9.37. The van der Waals surface area contributed by atoms with E-state index in [1.165, 1.54) is 6.92 Å². The highest BCUT2D eigenvalue weighted by atomic mass is 16.7. The molecule has 4 aliphatic rings. The highest BCUT2D eigenvalue weighted by Gasteiger charge is 2.71. The molecule has 0 aromatic heterocycles. The number of ketones is 1. The number of ether oxygens (including phenoxy) is 6. The summed E-state index contributed by atoms with van der Waals surface area (Å²) in [6.45, 7) is 8.26. The van der Waals surface area contributed by atoms with Crippen LogP contribution >= 0.6 is 0 Å². The molecule has 10 nitrogen and oxygen atoms in total. The van der Waals surface area contributed by atoms with Crippen LogP contribution in [0, 0.1) is 34.5 Å². The number of carbonyl (C=O) groups is 4. The summed E-state index contributed by atoms with van der Waals surface area (Å²) in [7, 11) is 4.80. The fourth-order valence-corrected chi connectivity index (χ4v) is 8.11. The molecule has 218 valence electrons. The molecule has 0 heterocycles. The van der Waals surface area contributed by atoms with Crippen LogP contribution in [-0.2, 0) is 42.8 Å². The number of hydrogen-bond donors (Lipinski definition) is 0. The summed E-state index contributed by atoms with van der Waals surface area (Å²) in [5.74, 6) is -2.01. The number of fused-ring (bicyclic) bond motifs is 3. The molecule has 0 unspecified atom stereocenters. The molecule has 0 radical (unpaired) electrons. The van der Waals surface area contributed by atoms with Crippen LogP contribution in [0.4, 0.5) is 4.79 Å². The molecular weight excluding hydrogens is 508 g/mol. The van der Waals surface area contributed by atoms with Crippen LogP contribution in [0.3, 0.4) is 0 Å². The Morgan fingerprint density at radius 3 is 2.33 bits per heavy atom. The third-order valence-electron chi connectivity index (χ3n) is 9.37. The summed E-state index contributed by atoms with van der Waals surface area (Å²) in [5.41, 5.74) is -2.76. The second kappa shape index (κ2) is 10.6. The first-order chi connectivity index (χ1) is 18.3. The van der Waals surface area contributed by atoms with Crippen molar-refractivity contribution in [2.45, 2.75) is 90.3 Å². The number of rotatable bonds is 7. The fourth-order valence-electron chi connectivity index (χ4n) is 8.11. The lowest BCUT2D eigenvalue weighted by molar-refractivity contribution is -0.180. The Balaban J connectivity index is 1.91. The summed E-state index contributed by atoms with van der Waals surface area (Å²) in [5, 5.41) is 0. The highest BCUT2D eigenvalue weighted by Crippen LogP contribution is 2.67. The first-order valence-corrected chi connectivity index (χ1v) is 13.6. The molecule has 3 fully saturated rings. The second-order valence-electron chi connectivity index (χ2n) is 12.7. The maximum Gasteiger partial charge on any atom is 0.514 e. The Labute approximate surface area is 230 Å². The lowest BCUT2D eigenvalue weighted by atomic mass is 9.49. The fraction of sp³-hybridized carbons (Fsp3) is 0.793. The lowest BCUT2D eigenvalue weighted by Crippen LogP contribution is -2.60. The monoisotopic (exact) mass is 550 g/mol. The van der Waals surface area contributed by atoms with E-state index in [0.717, 1.165) is 6.29 Å². The molecule has 10 heteroatoms. The number of hydrogen-bond acceptors (Lipinski definition) is 10. The van der Waals surface area contributed by atoms with E-state index in [1.54, 1.807) is 48.2 Å². The van der Waals surface area contributed by atoms with Crippen molar-refractivity contribution in [2.75, 3.05) is 21.3 Å². The average Bonchev–Trinajstić information content (AvgIpc) is 3.34. The van der Waals surface area contributed by atoms with Crippen LogP contribution in [-0.4, -0.2) is 75.5 Å². The molecule has 4 aliphatic carbocycles. The van der Waals surface area contributed by atoms with E-state index >= 15 is 0 Å². The van der Waals surface area contributed by atoms with Gasteiger partial charge in [-0.25, -0.2) is 4.79 Å². The summed E-state index contributed by atoms with van der Waals surface area (Å²) >= 11 is 0. The van der Waals surface area contributed by atoms with E-state index in [1.807, 2.05) is 6.92 Å². The molecule has 0 aromatic carbocycles. The summed E-state index contributed by atoms with van der Waals surface area (Å²) in [4.78, 5) is 51.7. The number of carbonyl (C=O) groups excluding carboxylic acids is 4. The molecule has 0 aromatic rings. The van der Waals surface area contributed by atoms with Crippen LogP contribution in [0.15, 0.2) is 11.8 Å². The molecule has 0 amide bonds. The zero-order valence-electron chi connectivity index (χ0n) is 24.2. The van der Waals surface area contributed by atoms with Gasteiger partial charge in [-0.05, 0) is 52.0 Å². The molecule has 0 spiro atoms. The van der Waals surface area contributed by atoms with Crippen LogP contribution in [0.2, 0.25) is 0 Å². The van der Waals surface area contributed by atoms with Crippen molar-refractivity contribution < 1.29 is 47.6 Å². The van der Waals surface area contributed by atoms with Gasteiger partial charge >= 0.3 is 12.1 Å². The van der Waals surface area contributed by atoms with Crippen LogP contribution in [0.25, 0.3) is 0 Å². The zero-order chi connectivity index (χ0) is 28.9. The SMILES string of the molecule is CO[C@H]1[C@@H]2C[C@@H]([C@@]34C=C(OC(=O)OC(C)(C)C)[C@@H](OC(C)=O)[C@@H]3[C@](C)(C=O)CC[C@@H]4OC)[C@H]1C(=O)C[C@@H]2OC. The molecule has 10 atom stereocenters. The number of methoxy groups -OCH3 is 3. The molecule has 0 saturated heterocycles. The first kappa shape index (κ1) is 29.7. The number of aldehydes is 1. The van der Waals surface area contributed by atoms with Gasteiger partial charge in [0.25, 0.3) is 0 Å².